The Morgan fingerprint density at radius 1 is 1.03 bits per heavy atom. The van der Waals surface area contributed by atoms with Gasteiger partial charge < -0.3 is 28.8 Å². The van der Waals surface area contributed by atoms with Crippen molar-refractivity contribution in [3.05, 3.63) is 12.2 Å². The first-order valence-electron chi connectivity index (χ1n) is 13.2. The molecule has 4 aliphatic rings. The first-order chi connectivity index (χ1) is 15.6. The number of aliphatic hydroxyl groups is 1. The molecule has 4 fully saturated rings. The van der Waals surface area contributed by atoms with Gasteiger partial charge in [-0.2, -0.15) is 0 Å². The molecule has 3 aliphatic heterocycles. The second-order valence-corrected chi connectivity index (χ2v) is 10.2. The molecule has 0 spiro atoms. The number of unbranched alkanes of at least 4 members (excludes halogenated alkanes) is 1. The van der Waals surface area contributed by atoms with E-state index in [0.29, 0.717) is 12.3 Å². The minimum Gasteiger partial charge on any atom is -0.368 e. The van der Waals surface area contributed by atoms with Crippen LogP contribution in [0.3, 0.4) is 0 Å². The third-order valence-corrected chi connectivity index (χ3v) is 7.68. The van der Waals surface area contributed by atoms with Gasteiger partial charge in [0.15, 0.2) is 18.9 Å². The van der Waals surface area contributed by atoms with Gasteiger partial charge >= 0.3 is 0 Å². The number of fused-ring (bicyclic) bond motifs is 1. The zero-order valence-electron chi connectivity index (χ0n) is 20.0. The largest absolute Gasteiger partial charge is 0.368 e. The Labute approximate surface area is 194 Å². The fourth-order valence-corrected chi connectivity index (χ4v) is 5.76. The molecule has 184 valence electrons. The van der Waals surface area contributed by atoms with E-state index in [9.17, 15) is 5.11 Å². The van der Waals surface area contributed by atoms with E-state index in [-0.39, 0.29) is 42.7 Å². The third-order valence-electron chi connectivity index (χ3n) is 7.68. The van der Waals surface area contributed by atoms with Crippen molar-refractivity contribution >= 4 is 0 Å². The lowest BCUT2D eigenvalue weighted by Gasteiger charge is -2.31. The van der Waals surface area contributed by atoms with Gasteiger partial charge in [-0.05, 0) is 56.8 Å². The van der Waals surface area contributed by atoms with Gasteiger partial charge in [-0.15, -0.1) is 0 Å². The molecule has 3 heterocycles. The second-order valence-electron chi connectivity index (χ2n) is 10.2. The van der Waals surface area contributed by atoms with E-state index >= 15 is 0 Å². The van der Waals surface area contributed by atoms with Crippen molar-refractivity contribution in [2.45, 2.75) is 122 Å². The summed E-state index contributed by atoms with van der Waals surface area (Å²) in [5, 5.41) is 10.1. The van der Waals surface area contributed by atoms with Crippen LogP contribution in [-0.2, 0) is 23.7 Å². The lowest BCUT2D eigenvalue weighted by atomic mass is 9.89. The third kappa shape index (κ3) is 6.55. The average Bonchev–Trinajstić information content (AvgIpc) is 3.31. The molecule has 6 heteroatoms. The van der Waals surface area contributed by atoms with Gasteiger partial charge in [-0.3, -0.25) is 0 Å². The fraction of sp³-hybridized carbons (Fsp3) is 0.923. The monoisotopic (exact) mass is 452 g/mol. The van der Waals surface area contributed by atoms with Crippen molar-refractivity contribution in [1.82, 2.24) is 0 Å². The summed E-state index contributed by atoms with van der Waals surface area (Å²) in [7, 11) is 0. The quantitative estimate of drug-likeness (QED) is 0.474. The van der Waals surface area contributed by atoms with Crippen LogP contribution in [0.5, 0.6) is 0 Å². The van der Waals surface area contributed by atoms with Crippen molar-refractivity contribution in [1.29, 1.82) is 0 Å². The highest BCUT2D eigenvalue weighted by atomic mass is 16.7. The molecule has 4 unspecified atom stereocenters. The predicted octanol–water partition coefficient (Wildman–Crippen LogP) is 4.94. The molecule has 4 rings (SSSR count). The summed E-state index contributed by atoms with van der Waals surface area (Å²) in [6.45, 7) is 6.11. The van der Waals surface area contributed by atoms with E-state index in [1.165, 1.54) is 19.3 Å². The summed E-state index contributed by atoms with van der Waals surface area (Å²) >= 11 is 0. The van der Waals surface area contributed by atoms with E-state index in [0.717, 1.165) is 58.2 Å². The lowest BCUT2D eigenvalue weighted by molar-refractivity contribution is -0.196. The molecule has 9 atom stereocenters. The van der Waals surface area contributed by atoms with Gasteiger partial charge in [0, 0.05) is 32.0 Å². The highest BCUT2D eigenvalue weighted by molar-refractivity contribution is 5.08. The van der Waals surface area contributed by atoms with Gasteiger partial charge in [0.2, 0.25) is 0 Å². The average molecular weight is 453 g/mol. The van der Waals surface area contributed by atoms with Gasteiger partial charge in [-0.25, -0.2) is 0 Å². The molecule has 1 saturated carbocycles. The molecule has 0 radical (unpaired) electrons. The molecule has 0 aromatic heterocycles. The van der Waals surface area contributed by atoms with Crippen molar-refractivity contribution in [2.24, 2.45) is 17.8 Å². The fourth-order valence-electron chi connectivity index (χ4n) is 5.76. The Morgan fingerprint density at radius 2 is 1.78 bits per heavy atom. The Morgan fingerprint density at radius 3 is 2.47 bits per heavy atom. The van der Waals surface area contributed by atoms with Crippen molar-refractivity contribution in [3.8, 4) is 0 Å². The summed E-state index contributed by atoms with van der Waals surface area (Å²) in [4.78, 5) is 0. The van der Waals surface area contributed by atoms with Gasteiger partial charge in [0.05, 0.1) is 18.3 Å². The maximum Gasteiger partial charge on any atom is 0.158 e. The lowest BCUT2D eigenvalue weighted by Crippen LogP contribution is -2.32. The zero-order valence-corrected chi connectivity index (χ0v) is 20.0. The summed E-state index contributed by atoms with van der Waals surface area (Å²) in [5.74, 6) is 0.923. The summed E-state index contributed by atoms with van der Waals surface area (Å²) in [5.41, 5.74) is 0. The van der Waals surface area contributed by atoms with E-state index in [4.69, 9.17) is 23.7 Å². The second kappa shape index (κ2) is 12.3. The van der Waals surface area contributed by atoms with Crippen LogP contribution in [0.4, 0.5) is 0 Å². The summed E-state index contributed by atoms with van der Waals surface area (Å²) in [6, 6.07) is 0. The SMILES string of the molecule is CCCCC(C)[C@@H](/C=C/[C@@H]1[C@H]2CC(O)O[C@H]2C[C@H]1OC1CCCCO1)OC1CCCCO1. The maximum absolute atomic E-state index is 10.1. The molecular weight excluding hydrogens is 408 g/mol. The molecule has 3 saturated heterocycles. The highest BCUT2D eigenvalue weighted by Crippen LogP contribution is 2.45. The van der Waals surface area contributed by atoms with Crippen LogP contribution < -0.4 is 0 Å². The summed E-state index contributed by atoms with van der Waals surface area (Å²) < 4.78 is 30.5. The molecule has 1 N–H and O–H groups in total. The number of ether oxygens (including phenoxy) is 5. The van der Waals surface area contributed by atoms with Crippen LogP contribution in [0.15, 0.2) is 12.2 Å². The van der Waals surface area contributed by atoms with E-state index in [1.807, 2.05) is 0 Å². The predicted molar refractivity (Wildman–Crippen MR) is 122 cm³/mol. The van der Waals surface area contributed by atoms with Gasteiger partial charge in [-0.1, -0.05) is 38.8 Å². The van der Waals surface area contributed by atoms with Gasteiger partial charge in [0.25, 0.3) is 0 Å². The van der Waals surface area contributed by atoms with Crippen LogP contribution in [-0.4, -0.2) is 55.5 Å². The van der Waals surface area contributed by atoms with Crippen LogP contribution in [0, 0.1) is 17.8 Å². The number of hydrogen-bond acceptors (Lipinski definition) is 6. The number of aliphatic hydroxyl groups excluding tert-OH is 1. The Balaban J connectivity index is 1.44. The van der Waals surface area contributed by atoms with E-state index in [1.54, 1.807) is 0 Å². The summed E-state index contributed by atoms with van der Waals surface area (Å²) in [6.07, 6.45) is 15.4. The van der Waals surface area contributed by atoms with Crippen LogP contribution >= 0.6 is 0 Å². The molecule has 0 amide bonds. The Hall–Kier alpha value is -0.500. The normalized spacial score (nSPS) is 39.9. The molecule has 32 heavy (non-hydrogen) atoms. The topological polar surface area (TPSA) is 66.4 Å². The van der Waals surface area contributed by atoms with E-state index in [2.05, 4.69) is 26.0 Å². The van der Waals surface area contributed by atoms with Crippen LogP contribution in [0.25, 0.3) is 0 Å². The standard InChI is InChI=1S/C26H44O6/c1-3-4-9-18(2)21(31-25-10-5-7-14-28-25)13-12-19-20-16-24(27)30-23(20)17-22(19)32-26-11-6-8-15-29-26/h12-13,18-27H,3-11,14-17H2,1-2H3/b13-12+/t18?,19-,20-,21-,22-,23+,24?,25?,26?/m1/s1. The molecule has 0 bridgehead atoms. The van der Waals surface area contributed by atoms with Crippen LogP contribution in [0.1, 0.15) is 84.5 Å². The first kappa shape index (κ1) is 24.6. The molecule has 6 nitrogen and oxygen atoms in total. The van der Waals surface area contributed by atoms with E-state index < -0.39 is 6.29 Å². The Kier molecular flexibility index (Phi) is 9.44. The van der Waals surface area contributed by atoms with Crippen molar-refractivity contribution < 1.29 is 28.8 Å². The van der Waals surface area contributed by atoms with Crippen molar-refractivity contribution in [3.63, 3.8) is 0 Å². The first-order valence-corrected chi connectivity index (χ1v) is 13.2. The highest BCUT2D eigenvalue weighted by Gasteiger charge is 2.49. The van der Waals surface area contributed by atoms with Crippen molar-refractivity contribution in [2.75, 3.05) is 13.2 Å². The molecular formula is C26H44O6. The number of rotatable bonds is 10. The zero-order chi connectivity index (χ0) is 22.3. The van der Waals surface area contributed by atoms with Crippen LogP contribution in [0.2, 0.25) is 0 Å². The molecule has 0 aromatic carbocycles. The minimum absolute atomic E-state index is 0.0301. The number of hydrogen-bond donors (Lipinski definition) is 1. The smallest absolute Gasteiger partial charge is 0.158 e. The maximum atomic E-state index is 10.1. The molecule has 1 aliphatic carbocycles. The molecule has 0 aromatic rings. The minimum atomic E-state index is -0.654. The Bertz CT molecular complexity index is 571. The van der Waals surface area contributed by atoms with Gasteiger partial charge in [0.1, 0.15) is 0 Å².